The minimum absolute atomic E-state index is 0.140. The van der Waals surface area contributed by atoms with E-state index in [9.17, 15) is 0 Å². The van der Waals surface area contributed by atoms with Gasteiger partial charge in [0.15, 0.2) is 0 Å². The van der Waals surface area contributed by atoms with Gasteiger partial charge in [-0.3, -0.25) is 4.68 Å². The largest absolute Gasteiger partial charge is 0.374 e. The summed E-state index contributed by atoms with van der Waals surface area (Å²) in [5.74, 6) is 2.41. The Hall–Kier alpha value is -0.520. The van der Waals surface area contributed by atoms with Crippen molar-refractivity contribution in [3.05, 3.63) is 18.0 Å². The van der Waals surface area contributed by atoms with E-state index in [1.54, 1.807) is 0 Å². The molecule has 0 aliphatic carbocycles. The Labute approximate surface area is 119 Å². The first-order chi connectivity index (χ1) is 9.31. The third-order valence-electron chi connectivity index (χ3n) is 4.14. The smallest absolute Gasteiger partial charge is 0.0800 e. The maximum Gasteiger partial charge on any atom is 0.0800 e. The van der Waals surface area contributed by atoms with Crippen molar-refractivity contribution in [1.29, 1.82) is 0 Å². The number of rotatable bonds is 4. The minimum Gasteiger partial charge on any atom is -0.374 e. The second kappa shape index (κ2) is 5.85. The Bertz CT molecular complexity index is 415. The lowest BCUT2D eigenvalue weighted by atomic mass is 9.90. The Balaban J connectivity index is 1.66. The van der Waals surface area contributed by atoms with Gasteiger partial charge in [-0.15, -0.1) is 0 Å². The van der Waals surface area contributed by atoms with Crippen molar-refractivity contribution in [2.75, 3.05) is 24.7 Å². The molecule has 2 aliphatic heterocycles. The van der Waals surface area contributed by atoms with Crippen LogP contribution in [0.3, 0.4) is 0 Å². The molecule has 1 aromatic rings. The molecule has 0 aromatic carbocycles. The zero-order valence-electron chi connectivity index (χ0n) is 11.6. The quantitative estimate of drug-likeness (QED) is 0.918. The van der Waals surface area contributed by atoms with Gasteiger partial charge in [0.1, 0.15) is 0 Å². The van der Waals surface area contributed by atoms with E-state index in [0.717, 1.165) is 38.3 Å². The lowest BCUT2D eigenvalue weighted by Gasteiger charge is -2.37. The van der Waals surface area contributed by atoms with Crippen LogP contribution in [0, 0.1) is 0 Å². The summed E-state index contributed by atoms with van der Waals surface area (Å²) < 4.78 is 8.24. The maximum absolute atomic E-state index is 6.08. The van der Waals surface area contributed by atoms with Crippen molar-refractivity contribution in [3.63, 3.8) is 0 Å². The van der Waals surface area contributed by atoms with Gasteiger partial charge in [0.05, 0.1) is 17.8 Å². The second-order valence-electron chi connectivity index (χ2n) is 5.59. The summed E-state index contributed by atoms with van der Waals surface area (Å²) in [4.78, 5) is 0. The molecule has 1 aromatic heterocycles. The van der Waals surface area contributed by atoms with E-state index in [0.29, 0.717) is 6.04 Å². The number of nitrogens with zero attached hydrogens (tertiary/aromatic N) is 2. The normalized spacial score (nSPS) is 31.1. The topological polar surface area (TPSA) is 39.1 Å². The minimum atomic E-state index is 0.140. The van der Waals surface area contributed by atoms with Gasteiger partial charge in [-0.2, -0.15) is 16.9 Å². The summed E-state index contributed by atoms with van der Waals surface area (Å²) >= 11 is 2.03. The van der Waals surface area contributed by atoms with Crippen molar-refractivity contribution < 1.29 is 4.74 Å². The van der Waals surface area contributed by atoms with Crippen LogP contribution in [0.25, 0.3) is 0 Å². The molecule has 19 heavy (non-hydrogen) atoms. The molecule has 4 nitrogen and oxygen atoms in total. The van der Waals surface area contributed by atoms with Crippen molar-refractivity contribution in [1.82, 2.24) is 15.1 Å². The second-order valence-corrected chi connectivity index (χ2v) is 6.69. The molecule has 5 heteroatoms. The van der Waals surface area contributed by atoms with E-state index in [4.69, 9.17) is 4.74 Å². The molecule has 2 unspecified atom stereocenters. The summed E-state index contributed by atoms with van der Waals surface area (Å²) in [6.07, 6.45) is 7.62. The Morgan fingerprint density at radius 3 is 3.37 bits per heavy atom. The number of nitrogens with one attached hydrogen (secondary N) is 1. The molecule has 0 radical (unpaired) electrons. The van der Waals surface area contributed by atoms with Gasteiger partial charge < -0.3 is 10.1 Å². The van der Waals surface area contributed by atoms with Gasteiger partial charge in [0.25, 0.3) is 0 Å². The highest BCUT2D eigenvalue weighted by atomic mass is 32.2. The summed E-state index contributed by atoms with van der Waals surface area (Å²) in [6.45, 7) is 4.93. The molecule has 0 amide bonds. The average molecular weight is 281 g/mol. The van der Waals surface area contributed by atoms with Gasteiger partial charge in [0.2, 0.25) is 0 Å². The van der Waals surface area contributed by atoms with E-state index < -0.39 is 0 Å². The van der Waals surface area contributed by atoms with Crippen LogP contribution >= 0.6 is 11.8 Å². The zero-order chi connectivity index (χ0) is 13.1. The van der Waals surface area contributed by atoms with Gasteiger partial charge in [-0.1, -0.05) is 6.92 Å². The van der Waals surface area contributed by atoms with Crippen molar-refractivity contribution in [2.24, 2.45) is 0 Å². The Kier molecular flexibility index (Phi) is 4.15. The fraction of sp³-hybridized carbons (Fsp3) is 0.786. The molecule has 2 atom stereocenters. The molecular formula is C14H23N3OS. The highest BCUT2D eigenvalue weighted by Crippen LogP contribution is 2.41. The molecule has 106 valence electrons. The van der Waals surface area contributed by atoms with Crippen LogP contribution < -0.4 is 5.32 Å². The van der Waals surface area contributed by atoms with E-state index >= 15 is 0 Å². The zero-order valence-corrected chi connectivity index (χ0v) is 12.4. The van der Waals surface area contributed by atoms with E-state index in [1.807, 2.05) is 18.0 Å². The highest BCUT2D eigenvalue weighted by Gasteiger charge is 2.41. The fourth-order valence-electron chi connectivity index (χ4n) is 3.03. The monoisotopic (exact) mass is 281 g/mol. The van der Waals surface area contributed by atoms with Crippen LogP contribution in [-0.4, -0.2) is 40.0 Å². The first-order valence-corrected chi connectivity index (χ1v) is 8.42. The van der Waals surface area contributed by atoms with E-state index in [1.165, 1.54) is 17.7 Å². The number of hydrogen-bond acceptors (Lipinski definition) is 4. The van der Waals surface area contributed by atoms with Crippen LogP contribution in [0.5, 0.6) is 0 Å². The summed E-state index contributed by atoms with van der Waals surface area (Å²) in [5.41, 5.74) is 1.42. The molecule has 1 spiro atoms. The van der Waals surface area contributed by atoms with Gasteiger partial charge in [0, 0.05) is 30.7 Å². The fourth-order valence-corrected chi connectivity index (χ4v) is 4.41. The molecule has 0 saturated carbocycles. The third kappa shape index (κ3) is 2.98. The number of hydrogen-bond donors (Lipinski definition) is 1. The lowest BCUT2D eigenvalue weighted by molar-refractivity contribution is -0.0778. The first kappa shape index (κ1) is 13.5. The van der Waals surface area contributed by atoms with Crippen molar-refractivity contribution in [3.8, 4) is 0 Å². The lowest BCUT2D eigenvalue weighted by Crippen LogP contribution is -2.40. The molecule has 3 heterocycles. The predicted molar refractivity (Wildman–Crippen MR) is 78.5 cm³/mol. The first-order valence-electron chi connectivity index (χ1n) is 7.27. The summed E-state index contributed by atoms with van der Waals surface area (Å²) in [7, 11) is 0. The van der Waals surface area contributed by atoms with Crippen LogP contribution in [0.15, 0.2) is 12.4 Å². The van der Waals surface area contributed by atoms with Crippen LogP contribution in [0.1, 0.15) is 37.8 Å². The molecular weight excluding hydrogens is 258 g/mol. The van der Waals surface area contributed by atoms with Crippen LogP contribution in [0.2, 0.25) is 0 Å². The molecule has 2 saturated heterocycles. The van der Waals surface area contributed by atoms with Crippen molar-refractivity contribution >= 4 is 11.8 Å². The van der Waals surface area contributed by atoms with Gasteiger partial charge in [-0.25, -0.2) is 0 Å². The predicted octanol–water partition coefficient (Wildman–Crippen LogP) is 2.22. The molecule has 3 rings (SSSR count). The maximum atomic E-state index is 6.08. The van der Waals surface area contributed by atoms with Crippen molar-refractivity contribution in [2.45, 2.75) is 44.4 Å². The highest BCUT2D eigenvalue weighted by molar-refractivity contribution is 7.99. The number of ether oxygens (including phenoxy) is 1. The van der Waals surface area contributed by atoms with E-state index in [-0.39, 0.29) is 5.60 Å². The molecule has 2 aliphatic rings. The van der Waals surface area contributed by atoms with Crippen LogP contribution in [-0.2, 0) is 11.3 Å². The summed E-state index contributed by atoms with van der Waals surface area (Å²) in [5, 5.41) is 7.91. The van der Waals surface area contributed by atoms with Gasteiger partial charge >= 0.3 is 0 Å². The average Bonchev–Trinajstić information content (AvgIpc) is 3.06. The van der Waals surface area contributed by atoms with E-state index in [2.05, 4.69) is 28.2 Å². The van der Waals surface area contributed by atoms with Gasteiger partial charge in [-0.05, 0) is 31.6 Å². The molecule has 0 bridgehead atoms. The van der Waals surface area contributed by atoms with Crippen LogP contribution in [0.4, 0.5) is 0 Å². The number of aromatic nitrogens is 2. The third-order valence-corrected chi connectivity index (χ3v) is 5.37. The molecule has 2 fully saturated rings. The standard InChI is InChI=1S/C14H23N3OS/c1-2-15-8-12-9-16-17(10-12)13-3-5-18-14(7-13)4-6-19-11-14/h9-10,13,15H,2-8,11H2,1H3. The SMILES string of the molecule is CCNCc1cnn(C2CCOC3(CCSC3)C2)c1. The Morgan fingerprint density at radius 1 is 1.63 bits per heavy atom. The molecule has 1 N–H and O–H groups in total. The number of thioether (sulfide) groups is 1. The Morgan fingerprint density at radius 2 is 2.58 bits per heavy atom. The summed E-state index contributed by atoms with van der Waals surface area (Å²) in [6, 6.07) is 0.517.